The van der Waals surface area contributed by atoms with Gasteiger partial charge in [0.25, 0.3) is 5.91 Å². The second-order valence-corrected chi connectivity index (χ2v) is 16.3. The number of piperidine rings is 2. The molecule has 5 rings (SSSR count). The highest BCUT2D eigenvalue weighted by Gasteiger charge is 2.70. The molecule has 0 aromatic heterocycles. The Morgan fingerprint density at radius 2 is 1.62 bits per heavy atom. The normalized spacial score (nSPS) is 27.1. The van der Waals surface area contributed by atoms with Gasteiger partial charge < -0.3 is 20.9 Å². The SMILES string of the molecule is C=CCNC(=O)C(=O)C(CC1CC1)NC(=O)[C@@H]1[C@@H]2[C@H](CN1C(=O)[C@@H](NC(=O)CN1C(=O)CC3(CCCC3)CC1=O)C(C)(C)C)C2(C)C. The summed E-state index contributed by atoms with van der Waals surface area (Å²) in [5.41, 5.74) is -1.27. The maximum absolute atomic E-state index is 14.3. The highest BCUT2D eigenvalue weighted by molar-refractivity contribution is 6.38. The van der Waals surface area contributed by atoms with E-state index in [0.29, 0.717) is 13.0 Å². The second kappa shape index (κ2) is 12.8. The van der Waals surface area contributed by atoms with Crippen LogP contribution in [0.5, 0.6) is 0 Å². The summed E-state index contributed by atoms with van der Waals surface area (Å²) in [6, 6.07) is -2.95. The summed E-state index contributed by atoms with van der Waals surface area (Å²) in [4.78, 5) is 95.8. The lowest BCUT2D eigenvalue weighted by Gasteiger charge is -2.39. The molecule has 2 aliphatic heterocycles. The van der Waals surface area contributed by atoms with Gasteiger partial charge in [0, 0.05) is 25.9 Å². The van der Waals surface area contributed by atoms with Crippen LogP contribution >= 0.6 is 0 Å². The van der Waals surface area contributed by atoms with Gasteiger partial charge in [0.15, 0.2) is 0 Å². The van der Waals surface area contributed by atoms with Gasteiger partial charge in [0.1, 0.15) is 18.6 Å². The van der Waals surface area contributed by atoms with Crippen molar-refractivity contribution in [2.24, 2.45) is 34.0 Å². The maximum atomic E-state index is 14.3. The first-order valence-electron chi connectivity index (χ1n) is 17.2. The van der Waals surface area contributed by atoms with Crippen LogP contribution in [0, 0.1) is 34.0 Å². The summed E-state index contributed by atoms with van der Waals surface area (Å²) in [6.07, 6.45) is 7.81. The molecule has 3 saturated carbocycles. The number of fused-ring (bicyclic) bond motifs is 1. The fourth-order valence-corrected chi connectivity index (χ4v) is 8.25. The van der Waals surface area contributed by atoms with Gasteiger partial charge in [-0.3, -0.25) is 38.5 Å². The van der Waals surface area contributed by atoms with Gasteiger partial charge in [-0.25, -0.2) is 0 Å². The van der Waals surface area contributed by atoms with E-state index in [0.717, 1.165) is 43.4 Å². The molecule has 0 aromatic rings. The molecule has 12 heteroatoms. The molecular weight excluding hydrogens is 602 g/mol. The first-order chi connectivity index (χ1) is 22.0. The van der Waals surface area contributed by atoms with E-state index in [4.69, 9.17) is 0 Å². The highest BCUT2D eigenvalue weighted by Crippen LogP contribution is 2.65. The van der Waals surface area contributed by atoms with E-state index >= 15 is 0 Å². The molecule has 12 nitrogen and oxygen atoms in total. The molecule has 2 heterocycles. The number of imide groups is 1. The fraction of sp³-hybridized carbons (Fsp3) is 0.743. The minimum Gasteiger partial charge on any atom is -0.346 e. The summed E-state index contributed by atoms with van der Waals surface area (Å²) >= 11 is 0. The van der Waals surface area contributed by atoms with E-state index < -0.39 is 59.5 Å². The molecule has 3 aliphatic carbocycles. The van der Waals surface area contributed by atoms with E-state index in [1.54, 1.807) is 20.8 Å². The number of hydrogen-bond acceptors (Lipinski definition) is 7. The lowest BCUT2D eigenvalue weighted by molar-refractivity contribution is -0.156. The molecule has 5 atom stereocenters. The Labute approximate surface area is 277 Å². The van der Waals surface area contributed by atoms with Gasteiger partial charge in [0.05, 0.1) is 6.04 Å². The smallest absolute Gasteiger partial charge is 0.289 e. The number of carbonyl (C=O) groups is 7. The van der Waals surface area contributed by atoms with Crippen LogP contribution in [0.1, 0.15) is 92.4 Å². The van der Waals surface area contributed by atoms with Gasteiger partial charge >= 0.3 is 0 Å². The molecule has 2 saturated heterocycles. The highest BCUT2D eigenvalue weighted by atomic mass is 16.2. The molecule has 5 fully saturated rings. The van der Waals surface area contributed by atoms with E-state index in [2.05, 4.69) is 22.5 Å². The van der Waals surface area contributed by atoms with Crippen LogP contribution in [-0.2, 0) is 33.6 Å². The molecule has 1 unspecified atom stereocenters. The van der Waals surface area contributed by atoms with E-state index in [9.17, 15) is 33.6 Å². The number of hydrogen-bond donors (Lipinski definition) is 3. The summed E-state index contributed by atoms with van der Waals surface area (Å²) < 4.78 is 0. The van der Waals surface area contributed by atoms with Crippen LogP contribution in [0.25, 0.3) is 0 Å². The molecule has 0 radical (unpaired) electrons. The molecule has 47 heavy (non-hydrogen) atoms. The van der Waals surface area contributed by atoms with Gasteiger partial charge in [0.2, 0.25) is 35.3 Å². The number of Topliss-reactive ketones (excluding diaryl/α,β-unsaturated/α-hetero) is 1. The zero-order valence-electron chi connectivity index (χ0n) is 28.5. The zero-order chi connectivity index (χ0) is 34.5. The predicted octanol–water partition coefficient (Wildman–Crippen LogP) is 1.87. The van der Waals surface area contributed by atoms with Gasteiger partial charge in [-0.2, -0.15) is 0 Å². The number of likely N-dealkylation sites (tertiary alicyclic amines) is 2. The van der Waals surface area contributed by atoms with Crippen molar-refractivity contribution in [3.05, 3.63) is 12.7 Å². The number of nitrogens with one attached hydrogen (secondary N) is 3. The number of amides is 6. The summed E-state index contributed by atoms with van der Waals surface area (Å²) in [5.74, 6) is -3.64. The van der Waals surface area contributed by atoms with Crippen molar-refractivity contribution in [2.45, 2.75) is 111 Å². The third-order valence-electron chi connectivity index (χ3n) is 11.3. The Kier molecular flexibility index (Phi) is 9.47. The zero-order valence-corrected chi connectivity index (χ0v) is 28.5. The van der Waals surface area contributed by atoms with E-state index in [1.807, 2.05) is 13.8 Å². The summed E-state index contributed by atoms with van der Waals surface area (Å²) in [7, 11) is 0. The predicted molar refractivity (Wildman–Crippen MR) is 172 cm³/mol. The molecule has 1 spiro atoms. The average molecular weight is 654 g/mol. The first-order valence-corrected chi connectivity index (χ1v) is 17.2. The molecule has 5 aliphatic rings. The molecule has 6 amide bonds. The van der Waals surface area contributed by atoms with Crippen LogP contribution in [0.3, 0.4) is 0 Å². The monoisotopic (exact) mass is 653 g/mol. The van der Waals surface area contributed by atoms with Crippen molar-refractivity contribution < 1.29 is 33.6 Å². The second-order valence-electron chi connectivity index (χ2n) is 16.3. The van der Waals surface area contributed by atoms with Crippen molar-refractivity contribution >= 4 is 41.2 Å². The number of ketones is 1. The Hall–Kier alpha value is -3.57. The third-order valence-corrected chi connectivity index (χ3v) is 11.3. The first kappa shape index (κ1) is 34.8. The average Bonchev–Trinajstić information content (AvgIpc) is 3.74. The largest absolute Gasteiger partial charge is 0.346 e. The topological polar surface area (TPSA) is 162 Å². The Balaban J connectivity index is 1.30. The summed E-state index contributed by atoms with van der Waals surface area (Å²) in [5, 5.41) is 8.12. The van der Waals surface area contributed by atoms with Gasteiger partial charge in [-0.1, -0.05) is 66.4 Å². The summed E-state index contributed by atoms with van der Waals surface area (Å²) in [6.45, 7) is 13.0. The standard InChI is InChI=1S/C35H51N5O7/c1-7-14-36-31(46)28(44)22(15-20-10-11-20)37-30(45)27-26-21(34(26,5)6)18-40(27)32(47)29(33(2,3)4)38-23(41)19-39-24(42)16-35(17-25(39)43)12-8-9-13-35/h7,20-22,26-27,29H,1,8-19H2,2-6H3,(H,36,46)(H,37,45)(H,38,41)/t21-,22?,26-,27-,29+/m0/s1. The molecule has 0 bridgehead atoms. The quantitative estimate of drug-likeness (QED) is 0.165. The van der Waals surface area contributed by atoms with Gasteiger partial charge in [-0.15, -0.1) is 6.58 Å². The van der Waals surface area contributed by atoms with Crippen molar-refractivity contribution in [3.63, 3.8) is 0 Å². The fourth-order valence-electron chi connectivity index (χ4n) is 8.25. The van der Waals surface area contributed by atoms with Gasteiger partial charge in [-0.05, 0) is 53.3 Å². The van der Waals surface area contributed by atoms with Crippen LogP contribution in [0.4, 0.5) is 0 Å². The maximum Gasteiger partial charge on any atom is 0.289 e. The van der Waals surface area contributed by atoms with Crippen LogP contribution in [0.2, 0.25) is 0 Å². The van der Waals surface area contributed by atoms with Crippen LogP contribution < -0.4 is 16.0 Å². The van der Waals surface area contributed by atoms with Crippen LogP contribution in [-0.4, -0.2) is 88.8 Å². The van der Waals surface area contributed by atoms with Crippen LogP contribution in [0.15, 0.2) is 12.7 Å². The Bertz CT molecular complexity index is 1340. The van der Waals surface area contributed by atoms with E-state index in [1.165, 1.54) is 11.0 Å². The third kappa shape index (κ3) is 7.16. The lowest BCUT2D eigenvalue weighted by atomic mass is 9.76. The number of rotatable bonds is 12. The molecule has 258 valence electrons. The molecule has 0 aromatic carbocycles. The Morgan fingerprint density at radius 1 is 1.00 bits per heavy atom. The number of nitrogens with zero attached hydrogens (tertiary/aromatic N) is 2. The minimum absolute atomic E-state index is 0.0542. The van der Waals surface area contributed by atoms with Crippen molar-refractivity contribution in [3.8, 4) is 0 Å². The van der Waals surface area contributed by atoms with E-state index in [-0.39, 0.29) is 59.8 Å². The Morgan fingerprint density at radius 3 is 2.17 bits per heavy atom. The number of carbonyl (C=O) groups excluding carboxylic acids is 7. The van der Waals surface area contributed by atoms with Crippen molar-refractivity contribution in [1.29, 1.82) is 0 Å². The molecule has 3 N–H and O–H groups in total. The molecular formula is C35H51N5O7. The minimum atomic E-state index is -1.05. The van der Waals surface area contributed by atoms with Crippen molar-refractivity contribution in [2.75, 3.05) is 19.6 Å². The van der Waals surface area contributed by atoms with Crippen molar-refractivity contribution in [1.82, 2.24) is 25.8 Å². The lowest BCUT2D eigenvalue weighted by Crippen LogP contribution is -2.61.